The number of nitrogens with zero attached hydrogens (tertiary/aromatic N) is 3. The van der Waals surface area contributed by atoms with E-state index in [1.165, 1.54) is 30.6 Å². The van der Waals surface area contributed by atoms with E-state index in [0.717, 1.165) is 13.1 Å². The fourth-order valence-electron chi connectivity index (χ4n) is 3.55. The number of aromatic amines is 2. The maximum absolute atomic E-state index is 11.2. The predicted octanol–water partition coefficient (Wildman–Crippen LogP) is 1.48. The first kappa shape index (κ1) is 12.5. The lowest BCUT2D eigenvalue weighted by Crippen LogP contribution is -2.51. The van der Waals surface area contributed by atoms with Crippen molar-refractivity contribution < 1.29 is 0 Å². The van der Waals surface area contributed by atoms with Crippen molar-refractivity contribution in [2.75, 3.05) is 22.9 Å². The summed E-state index contributed by atoms with van der Waals surface area (Å²) in [5.74, 6) is 0.694. The normalized spacial score (nSPS) is 21.0. The van der Waals surface area contributed by atoms with Gasteiger partial charge in [-0.05, 0) is 31.4 Å². The molecule has 1 atom stereocenters. The lowest BCUT2D eigenvalue weighted by molar-refractivity contribution is 0.441. The number of fused-ring (bicyclic) bond motifs is 3. The van der Waals surface area contributed by atoms with Gasteiger partial charge in [0.1, 0.15) is 5.82 Å². The van der Waals surface area contributed by atoms with Crippen LogP contribution >= 0.6 is 0 Å². The number of hydrogen-bond donors (Lipinski definition) is 2. The number of benzene rings is 1. The standard InChI is InChI=1S/C15H19N5O/c21-15-16-14(17-18-15)10-19-9-11-5-3-4-8-20(11)13-7-2-1-6-12(13)19/h1-2,6-7,11H,3-5,8-10H2,(H2,16,17,18,21). The van der Waals surface area contributed by atoms with Gasteiger partial charge in [-0.3, -0.25) is 4.98 Å². The Morgan fingerprint density at radius 1 is 1.24 bits per heavy atom. The summed E-state index contributed by atoms with van der Waals surface area (Å²) in [7, 11) is 0. The Morgan fingerprint density at radius 3 is 2.90 bits per heavy atom. The van der Waals surface area contributed by atoms with E-state index < -0.39 is 0 Å². The van der Waals surface area contributed by atoms with Gasteiger partial charge in [0.2, 0.25) is 0 Å². The van der Waals surface area contributed by atoms with Gasteiger partial charge in [-0.2, -0.15) is 5.10 Å². The average Bonchev–Trinajstić information content (AvgIpc) is 2.93. The molecule has 0 saturated carbocycles. The lowest BCUT2D eigenvalue weighted by atomic mass is 9.97. The second-order valence-corrected chi connectivity index (χ2v) is 5.84. The Kier molecular flexibility index (Phi) is 2.94. The molecule has 2 aliphatic rings. The van der Waals surface area contributed by atoms with E-state index in [-0.39, 0.29) is 5.69 Å². The summed E-state index contributed by atoms with van der Waals surface area (Å²) >= 11 is 0. The first-order valence-electron chi connectivity index (χ1n) is 7.55. The molecule has 0 amide bonds. The second kappa shape index (κ2) is 4.95. The molecule has 6 nitrogen and oxygen atoms in total. The van der Waals surface area contributed by atoms with Crippen LogP contribution in [0.3, 0.4) is 0 Å². The van der Waals surface area contributed by atoms with Gasteiger partial charge in [0.25, 0.3) is 0 Å². The summed E-state index contributed by atoms with van der Waals surface area (Å²) in [4.78, 5) is 18.8. The van der Waals surface area contributed by atoms with E-state index in [2.05, 4.69) is 49.2 Å². The molecule has 1 aromatic heterocycles. The largest absolute Gasteiger partial charge is 0.365 e. The molecule has 4 rings (SSSR count). The van der Waals surface area contributed by atoms with Crippen molar-refractivity contribution in [2.45, 2.75) is 31.8 Å². The Balaban J connectivity index is 1.68. The summed E-state index contributed by atoms with van der Waals surface area (Å²) in [6, 6.07) is 9.10. The van der Waals surface area contributed by atoms with Gasteiger partial charge in [-0.15, -0.1) is 0 Å². The highest BCUT2D eigenvalue weighted by Gasteiger charge is 2.32. The van der Waals surface area contributed by atoms with Crippen molar-refractivity contribution in [2.24, 2.45) is 0 Å². The third-order valence-electron chi connectivity index (χ3n) is 4.48. The molecule has 0 bridgehead atoms. The summed E-state index contributed by atoms with van der Waals surface area (Å²) < 4.78 is 0. The highest BCUT2D eigenvalue weighted by molar-refractivity contribution is 5.74. The SMILES string of the molecule is O=c1[nH]nc(CN2CC3CCCCN3c3ccccc32)[nH]1. The molecule has 2 aliphatic heterocycles. The van der Waals surface area contributed by atoms with Gasteiger partial charge in [0, 0.05) is 19.1 Å². The molecule has 0 spiro atoms. The number of para-hydroxylation sites is 2. The zero-order valence-electron chi connectivity index (χ0n) is 11.9. The van der Waals surface area contributed by atoms with Gasteiger partial charge < -0.3 is 9.80 Å². The van der Waals surface area contributed by atoms with Crippen LogP contribution in [-0.4, -0.2) is 34.3 Å². The summed E-state index contributed by atoms with van der Waals surface area (Å²) in [5.41, 5.74) is 2.31. The molecule has 2 N–H and O–H groups in total. The first-order valence-corrected chi connectivity index (χ1v) is 7.55. The Hall–Kier alpha value is -2.24. The second-order valence-electron chi connectivity index (χ2n) is 5.84. The third-order valence-corrected chi connectivity index (χ3v) is 4.48. The van der Waals surface area contributed by atoms with Crippen LogP contribution in [0.1, 0.15) is 25.1 Å². The molecular formula is C15H19N5O. The smallest absolute Gasteiger partial charge is 0.340 e. The van der Waals surface area contributed by atoms with E-state index in [0.29, 0.717) is 18.4 Å². The van der Waals surface area contributed by atoms with Crippen LogP contribution in [0, 0.1) is 0 Å². The molecule has 21 heavy (non-hydrogen) atoms. The minimum atomic E-state index is -0.241. The summed E-state index contributed by atoms with van der Waals surface area (Å²) in [6.45, 7) is 2.78. The third kappa shape index (κ3) is 2.20. The minimum absolute atomic E-state index is 0.241. The Bertz CT molecular complexity index is 691. The number of aromatic nitrogens is 3. The number of H-pyrrole nitrogens is 2. The van der Waals surface area contributed by atoms with Crippen molar-refractivity contribution in [3.63, 3.8) is 0 Å². The van der Waals surface area contributed by atoms with E-state index in [1.54, 1.807) is 0 Å². The van der Waals surface area contributed by atoms with E-state index >= 15 is 0 Å². The fraction of sp³-hybridized carbons (Fsp3) is 0.467. The average molecular weight is 285 g/mol. The van der Waals surface area contributed by atoms with Crippen molar-refractivity contribution in [1.82, 2.24) is 15.2 Å². The summed E-state index contributed by atoms with van der Waals surface area (Å²) in [6.07, 6.45) is 3.82. The molecule has 6 heteroatoms. The molecular weight excluding hydrogens is 266 g/mol. The number of anilines is 2. The van der Waals surface area contributed by atoms with Crippen molar-refractivity contribution in [3.05, 3.63) is 40.6 Å². The monoisotopic (exact) mass is 285 g/mol. The quantitative estimate of drug-likeness (QED) is 0.877. The van der Waals surface area contributed by atoms with Crippen LogP contribution in [0.25, 0.3) is 0 Å². The fourth-order valence-corrected chi connectivity index (χ4v) is 3.55. The molecule has 3 heterocycles. The molecule has 2 aromatic rings. The zero-order valence-corrected chi connectivity index (χ0v) is 11.9. The highest BCUT2D eigenvalue weighted by Crippen LogP contribution is 2.38. The molecule has 0 aliphatic carbocycles. The van der Waals surface area contributed by atoms with Crippen molar-refractivity contribution >= 4 is 11.4 Å². The Morgan fingerprint density at radius 2 is 2.10 bits per heavy atom. The number of hydrogen-bond acceptors (Lipinski definition) is 4. The molecule has 1 saturated heterocycles. The minimum Gasteiger partial charge on any atom is -0.365 e. The maximum Gasteiger partial charge on any atom is 0.340 e. The molecule has 0 radical (unpaired) electrons. The van der Waals surface area contributed by atoms with Crippen LogP contribution in [0.15, 0.2) is 29.1 Å². The van der Waals surface area contributed by atoms with Crippen LogP contribution in [0.5, 0.6) is 0 Å². The molecule has 110 valence electrons. The molecule has 1 fully saturated rings. The van der Waals surface area contributed by atoms with Gasteiger partial charge in [-0.1, -0.05) is 12.1 Å². The maximum atomic E-state index is 11.2. The first-order chi connectivity index (χ1) is 10.3. The number of rotatable bonds is 2. The number of piperidine rings is 1. The summed E-state index contributed by atoms with van der Waals surface area (Å²) in [5, 5.41) is 6.48. The van der Waals surface area contributed by atoms with Crippen molar-refractivity contribution in [1.29, 1.82) is 0 Å². The van der Waals surface area contributed by atoms with Gasteiger partial charge in [0.05, 0.1) is 17.9 Å². The van der Waals surface area contributed by atoms with Crippen LogP contribution < -0.4 is 15.5 Å². The van der Waals surface area contributed by atoms with E-state index in [9.17, 15) is 4.79 Å². The van der Waals surface area contributed by atoms with Crippen LogP contribution in [-0.2, 0) is 6.54 Å². The highest BCUT2D eigenvalue weighted by atomic mass is 16.1. The topological polar surface area (TPSA) is 68.0 Å². The van der Waals surface area contributed by atoms with E-state index in [1.807, 2.05) is 0 Å². The predicted molar refractivity (Wildman–Crippen MR) is 81.7 cm³/mol. The van der Waals surface area contributed by atoms with Gasteiger partial charge >= 0.3 is 5.69 Å². The molecule has 1 unspecified atom stereocenters. The van der Waals surface area contributed by atoms with Crippen LogP contribution in [0.2, 0.25) is 0 Å². The van der Waals surface area contributed by atoms with Crippen LogP contribution in [0.4, 0.5) is 11.4 Å². The van der Waals surface area contributed by atoms with Crippen molar-refractivity contribution in [3.8, 4) is 0 Å². The Labute approximate surface area is 122 Å². The molecule has 1 aromatic carbocycles. The lowest BCUT2D eigenvalue weighted by Gasteiger charge is -2.46. The van der Waals surface area contributed by atoms with Gasteiger partial charge in [0.15, 0.2) is 0 Å². The van der Waals surface area contributed by atoms with E-state index in [4.69, 9.17) is 0 Å². The van der Waals surface area contributed by atoms with Gasteiger partial charge in [-0.25, -0.2) is 9.89 Å². The zero-order chi connectivity index (χ0) is 14.2. The number of nitrogens with one attached hydrogen (secondary N) is 2.